The highest BCUT2D eigenvalue weighted by Crippen LogP contribution is 2.27. The van der Waals surface area contributed by atoms with Gasteiger partial charge in [0.15, 0.2) is 10.8 Å². The summed E-state index contributed by atoms with van der Waals surface area (Å²) in [6.07, 6.45) is 3.43. The Kier molecular flexibility index (Phi) is 4.61. The molecule has 136 valence electrons. The molecule has 1 aliphatic heterocycles. The van der Waals surface area contributed by atoms with Gasteiger partial charge in [0.05, 0.1) is 11.3 Å². The molecule has 0 bridgehead atoms. The summed E-state index contributed by atoms with van der Waals surface area (Å²) in [5, 5.41) is 10.7. The van der Waals surface area contributed by atoms with Gasteiger partial charge in [0.25, 0.3) is 0 Å². The maximum Gasteiger partial charge on any atom is 0.233 e. The fourth-order valence-electron chi connectivity index (χ4n) is 3.78. The SMILES string of the molecule is Cc1ccc2cc(C)c3nnc(SCC(=O)N4CCCCC4C)n3c2c1. The zero-order valence-electron chi connectivity index (χ0n) is 15.5. The number of amides is 1. The van der Waals surface area contributed by atoms with Crippen molar-refractivity contribution in [3.05, 3.63) is 35.4 Å². The number of pyridine rings is 1. The zero-order chi connectivity index (χ0) is 18.3. The number of nitrogens with zero attached hydrogens (tertiary/aromatic N) is 4. The van der Waals surface area contributed by atoms with Gasteiger partial charge < -0.3 is 4.90 Å². The molecule has 0 aliphatic carbocycles. The molecule has 3 aromatic rings. The molecule has 6 heteroatoms. The van der Waals surface area contributed by atoms with Crippen LogP contribution < -0.4 is 0 Å². The lowest BCUT2D eigenvalue weighted by Crippen LogP contribution is -2.42. The summed E-state index contributed by atoms with van der Waals surface area (Å²) >= 11 is 1.49. The fraction of sp³-hybridized carbons (Fsp3) is 0.450. The number of hydrogen-bond donors (Lipinski definition) is 0. The largest absolute Gasteiger partial charge is 0.339 e. The molecule has 1 unspecified atom stereocenters. The number of carbonyl (C=O) groups is 1. The number of piperidine rings is 1. The van der Waals surface area contributed by atoms with Crippen molar-refractivity contribution >= 4 is 34.2 Å². The summed E-state index contributed by atoms with van der Waals surface area (Å²) in [6.45, 7) is 7.16. The molecule has 1 atom stereocenters. The Bertz CT molecular complexity index is 981. The molecule has 0 N–H and O–H groups in total. The van der Waals surface area contributed by atoms with Gasteiger partial charge in [-0.1, -0.05) is 23.9 Å². The first-order chi connectivity index (χ1) is 12.5. The predicted molar refractivity (Wildman–Crippen MR) is 106 cm³/mol. The van der Waals surface area contributed by atoms with E-state index in [0.717, 1.165) is 41.3 Å². The van der Waals surface area contributed by atoms with Gasteiger partial charge in [-0.3, -0.25) is 9.20 Å². The molecule has 3 heterocycles. The van der Waals surface area contributed by atoms with Crippen LogP contribution in [0.1, 0.15) is 37.3 Å². The van der Waals surface area contributed by atoms with E-state index in [2.05, 4.69) is 59.6 Å². The number of fused-ring (bicyclic) bond motifs is 3. The van der Waals surface area contributed by atoms with Crippen LogP contribution in [0.4, 0.5) is 0 Å². The van der Waals surface area contributed by atoms with Crippen molar-refractivity contribution in [2.45, 2.75) is 51.2 Å². The number of aryl methyl sites for hydroxylation is 2. The highest BCUT2D eigenvalue weighted by atomic mass is 32.2. The predicted octanol–water partition coefficient (Wildman–Crippen LogP) is 3.99. The van der Waals surface area contributed by atoms with Crippen LogP contribution in [-0.2, 0) is 4.79 Å². The van der Waals surface area contributed by atoms with Crippen LogP contribution in [0.3, 0.4) is 0 Å². The number of likely N-dealkylation sites (tertiary alicyclic amines) is 1. The van der Waals surface area contributed by atoms with Crippen molar-refractivity contribution in [2.24, 2.45) is 0 Å². The molecule has 1 fully saturated rings. The van der Waals surface area contributed by atoms with Crippen molar-refractivity contribution in [1.82, 2.24) is 19.5 Å². The van der Waals surface area contributed by atoms with Gasteiger partial charge in [-0.05, 0) is 68.7 Å². The lowest BCUT2D eigenvalue weighted by atomic mass is 10.0. The van der Waals surface area contributed by atoms with Gasteiger partial charge >= 0.3 is 0 Å². The van der Waals surface area contributed by atoms with E-state index in [1.807, 2.05) is 4.90 Å². The molecule has 1 amide bonds. The molecule has 1 saturated heterocycles. The Morgan fingerprint density at radius 1 is 1.23 bits per heavy atom. The Hall–Kier alpha value is -2.08. The second kappa shape index (κ2) is 6.91. The fourth-order valence-corrected chi connectivity index (χ4v) is 4.61. The first-order valence-corrected chi connectivity index (χ1v) is 10.2. The Balaban J connectivity index is 1.65. The van der Waals surface area contributed by atoms with Crippen LogP contribution in [0.15, 0.2) is 29.4 Å². The van der Waals surface area contributed by atoms with Gasteiger partial charge in [0.1, 0.15) is 0 Å². The summed E-state index contributed by atoms with van der Waals surface area (Å²) in [4.78, 5) is 14.7. The Morgan fingerprint density at radius 2 is 2.08 bits per heavy atom. The van der Waals surface area contributed by atoms with Crippen molar-refractivity contribution in [3.8, 4) is 0 Å². The van der Waals surface area contributed by atoms with Gasteiger partial charge in [-0.2, -0.15) is 0 Å². The molecule has 0 spiro atoms. The highest BCUT2D eigenvalue weighted by Gasteiger charge is 2.23. The molecule has 26 heavy (non-hydrogen) atoms. The third kappa shape index (κ3) is 3.07. The van der Waals surface area contributed by atoms with Crippen LogP contribution in [0.2, 0.25) is 0 Å². The summed E-state index contributed by atoms with van der Waals surface area (Å²) in [7, 11) is 0. The summed E-state index contributed by atoms with van der Waals surface area (Å²) in [5.74, 6) is 0.610. The third-order valence-electron chi connectivity index (χ3n) is 5.23. The molecular weight excluding hydrogens is 344 g/mol. The second-order valence-corrected chi connectivity index (χ2v) is 8.19. The smallest absolute Gasteiger partial charge is 0.233 e. The molecule has 0 saturated carbocycles. The van der Waals surface area contributed by atoms with E-state index in [1.54, 1.807) is 0 Å². The minimum Gasteiger partial charge on any atom is -0.339 e. The first-order valence-electron chi connectivity index (χ1n) is 9.22. The Labute approximate surface area is 157 Å². The Morgan fingerprint density at radius 3 is 2.88 bits per heavy atom. The minimum atomic E-state index is 0.201. The van der Waals surface area contributed by atoms with Crippen LogP contribution in [0, 0.1) is 13.8 Å². The monoisotopic (exact) mass is 368 g/mol. The van der Waals surface area contributed by atoms with Crippen molar-refractivity contribution in [1.29, 1.82) is 0 Å². The van der Waals surface area contributed by atoms with E-state index < -0.39 is 0 Å². The van der Waals surface area contributed by atoms with Crippen LogP contribution in [-0.4, -0.2) is 43.7 Å². The lowest BCUT2D eigenvalue weighted by Gasteiger charge is -2.33. The molecule has 5 nitrogen and oxygen atoms in total. The number of aromatic nitrogens is 3. The maximum atomic E-state index is 12.7. The number of hydrogen-bond acceptors (Lipinski definition) is 4. The van der Waals surface area contributed by atoms with E-state index in [9.17, 15) is 4.79 Å². The first kappa shape index (κ1) is 17.3. The second-order valence-electron chi connectivity index (χ2n) is 7.25. The van der Waals surface area contributed by atoms with Crippen molar-refractivity contribution < 1.29 is 4.79 Å². The lowest BCUT2D eigenvalue weighted by molar-refractivity contribution is -0.131. The standard InChI is InChI=1S/C20H24N4OS/c1-13-7-8-16-11-14(2)19-21-22-20(24(19)17(16)10-13)26-12-18(25)23-9-5-4-6-15(23)3/h7-8,10-11,15H,4-6,9,12H2,1-3H3. The number of benzene rings is 1. The van der Waals surface area contributed by atoms with Gasteiger partial charge in [0, 0.05) is 12.6 Å². The summed E-state index contributed by atoms with van der Waals surface area (Å²) in [5.41, 5.74) is 4.25. The highest BCUT2D eigenvalue weighted by molar-refractivity contribution is 7.99. The van der Waals surface area contributed by atoms with Crippen LogP contribution in [0.25, 0.3) is 16.6 Å². The quantitative estimate of drug-likeness (QED) is 0.656. The summed E-state index contributed by atoms with van der Waals surface area (Å²) < 4.78 is 2.09. The molecule has 0 radical (unpaired) electrons. The van der Waals surface area contributed by atoms with Crippen LogP contribution in [0.5, 0.6) is 0 Å². The van der Waals surface area contributed by atoms with Crippen molar-refractivity contribution in [3.63, 3.8) is 0 Å². The average Bonchev–Trinajstić information content (AvgIpc) is 3.06. The van der Waals surface area contributed by atoms with E-state index >= 15 is 0 Å². The number of thioether (sulfide) groups is 1. The maximum absolute atomic E-state index is 12.7. The number of rotatable bonds is 3. The van der Waals surface area contributed by atoms with Gasteiger partial charge in [-0.15, -0.1) is 10.2 Å². The van der Waals surface area contributed by atoms with Gasteiger partial charge in [0.2, 0.25) is 5.91 Å². The summed E-state index contributed by atoms with van der Waals surface area (Å²) in [6, 6.07) is 8.90. The zero-order valence-corrected chi connectivity index (χ0v) is 16.3. The molecule has 2 aromatic heterocycles. The molecule has 1 aliphatic rings. The molecule has 4 rings (SSSR count). The van der Waals surface area contributed by atoms with E-state index in [0.29, 0.717) is 11.8 Å². The third-order valence-corrected chi connectivity index (χ3v) is 6.15. The minimum absolute atomic E-state index is 0.201. The van der Waals surface area contributed by atoms with E-state index in [-0.39, 0.29) is 5.91 Å². The average molecular weight is 369 g/mol. The topological polar surface area (TPSA) is 50.5 Å². The van der Waals surface area contributed by atoms with Crippen molar-refractivity contribution in [2.75, 3.05) is 12.3 Å². The molecular formula is C20H24N4OS. The van der Waals surface area contributed by atoms with Gasteiger partial charge in [-0.25, -0.2) is 0 Å². The molecule has 1 aromatic carbocycles. The number of carbonyl (C=O) groups excluding carboxylic acids is 1. The van der Waals surface area contributed by atoms with E-state index in [4.69, 9.17) is 0 Å². The van der Waals surface area contributed by atoms with Crippen LogP contribution >= 0.6 is 11.8 Å². The van der Waals surface area contributed by atoms with E-state index in [1.165, 1.54) is 29.1 Å². The normalized spacial score (nSPS) is 18.0.